The zero-order chi connectivity index (χ0) is 13.8. The van der Waals surface area contributed by atoms with E-state index < -0.39 is 0 Å². The number of pyridine rings is 1. The zero-order valence-electron chi connectivity index (χ0n) is 11.2. The number of ether oxygens (including phenoxy) is 1. The van der Waals surface area contributed by atoms with E-state index in [1.165, 1.54) is 18.4 Å². The lowest BCUT2D eigenvalue weighted by Gasteiger charge is -2.07. The lowest BCUT2D eigenvalue weighted by atomic mass is 10.2. The molecule has 0 bridgehead atoms. The Balaban J connectivity index is 1.50. The van der Waals surface area contributed by atoms with E-state index in [1.807, 2.05) is 36.5 Å². The molecule has 1 heterocycles. The Morgan fingerprint density at radius 1 is 1.15 bits per heavy atom. The highest BCUT2D eigenvalue weighted by Gasteiger charge is 2.19. The fourth-order valence-electron chi connectivity index (χ4n) is 1.88. The van der Waals surface area contributed by atoms with Gasteiger partial charge in [0.25, 0.3) is 0 Å². The molecule has 104 valence electrons. The van der Waals surface area contributed by atoms with Crippen molar-refractivity contribution in [3.63, 3.8) is 0 Å². The average molecular weight is 289 g/mol. The van der Waals surface area contributed by atoms with Crippen LogP contribution in [-0.2, 0) is 13.2 Å². The third-order valence-corrected chi connectivity index (χ3v) is 3.51. The molecule has 3 rings (SSSR count). The maximum absolute atomic E-state index is 5.83. The summed E-state index contributed by atoms with van der Waals surface area (Å²) in [7, 11) is 0. The van der Waals surface area contributed by atoms with Crippen molar-refractivity contribution in [2.45, 2.75) is 32.0 Å². The maximum Gasteiger partial charge on any atom is 0.130 e. The van der Waals surface area contributed by atoms with Gasteiger partial charge in [-0.15, -0.1) is 0 Å². The number of hydrogen-bond acceptors (Lipinski definition) is 3. The maximum atomic E-state index is 5.83. The van der Waals surface area contributed by atoms with Gasteiger partial charge in [0.1, 0.15) is 12.4 Å². The van der Waals surface area contributed by atoms with Gasteiger partial charge in [-0.25, -0.2) is 0 Å². The van der Waals surface area contributed by atoms with Gasteiger partial charge in [0.15, 0.2) is 0 Å². The molecule has 1 fully saturated rings. The smallest absolute Gasteiger partial charge is 0.130 e. The van der Waals surface area contributed by atoms with Crippen LogP contribution in [0.2, 0.25) is 5.02 Å². The van der Waals surface area contributed by atoms with Crippen LogP contribution in [0.5, 0.6) is 5.75 Å². The van der Waals surface area contributed by atoms with Crippen LogP contribution >= 0.6 is 11.6 Å². The van der Waals surface area contributed by atoms with E-state index in [2.05, 4.69) is 16.4 Å². The van der Waals surface area contributed by atoms with Crippen molar-refractivity contribution in [2.75, 3.05) is 0 Å². The molecule has 1 aliphatic rings. The Kier molecular flexibility index (Phi) is 4.19. The SMILES string of the molecule is Clc1ccc(OCc2ccc(CNC3CC3)cn2)cc1. The standard InChI is InChI=1S/C16H17ClN2O/c17-13-2-7-16(8-3-13)20-11-15-4-1-12(10-19-15)9-18-14-5-6-14/h1-4,7-8,10,14,18H,5-6,9,11H2. The van der Waals surface area contributed by atoms with Crippen LogP contribution in [-0.4, -0.2) is 11.0 Å². The van der Waals surface area contributed by atoms with E-state index in [0.717, 1.165) is 24.0 Å². The molecular weight excluding hydrogens is 272 g/mol. The van der Waals surface area contributed by atoms with E-state index in [9.17, 15) is 0 Å². The molecule has 0 unspecified atom stereocenters. The van der Waals surface area contributed by atoms with Crippen LogP contribution in [0.25, 0.3) is 0 Å². The van der Waals surface area contributed by atoms with Gasteiger partial charge >= 0.3 is 0 Å². The zero-order valence-corrected chi connectivity index (χ0v) is 11.9. The van der Waals surface area contributed by atoms with Gasteiger partial charge in [0.05, 0.1) is 5.69 Å². The molecule has 1 aromatic heterocycles. The average Bonchev–Trinajstić information content (AvgIpc) is 3.30. The molecule has 1 N–H and O–H groups in total. The molecule has 0 saturated heterocycles. The summed E-state index contributed by atoms with van der Waals surface area (Å²) in [5.41, 5.74) is 2.14. The largest absolute Gasteiger partial charge is 0.487 e. The molecule has 1 aliphatic carbocycles. The van der Waals surface area contributed by atoms with Crippen LogP contribution in [0.1, 0.15) is 24.1 Å². The first-order valence-electron chi connectivity index (χ1n) is 6.85. The second kappa shape index (κ2) is 6.25. The van der Waals surface area contributed by atoms with Crippen LogP contribution in [0.4, 0.5) is 0 Å². The second-order valence-corrected chi connectivity index (χ2v) is 5.49. The van der Waals surface area contributed by atoms with Crippen LogP contribution in [0, 0.1) is 0 Å². The van der Waals surface area contributed by atoms with Crippen molar-refractivity contribution < 1.29 is 4.74 Å². The molecular formula is C16H17ClN2O. The van der Waals surface area contributed by atoms with Gasteiger partial charge < -0.3 is 10.1 Å². The second-order valence-electron chi connectivity index (χ2n) is 5.06. The normalized spacial score (nSPS) is 14.2. The van der Waals surface area contributed by atoms with Crippen molar-refractivity contribution in [3.8, 4) is 5.75 Å². The van der Waals surface area contributed by atoms with Crippen molar-refractivity contribution in [1.29, 1.82) is 0 Å². The van der Waals surface area contributed by atoms with Crippen LogP contribution in [0.15, 0.2) is 42.6 Å². The van der Waals surface area contributed by atoms with E-state index in [0.29, 0.717) is 11.6 Å². The van der Waals surface area contributed by atoms with Crippen LogP contribution < -0.4 is 10.1 Å². The number of benzene rings is 1. The van der Waals surface area contributed by atoms with E-state index in [-0.39, 0.29) is 0 Å². The highest BCUT2D eigenvalue weighted by atomic mass is 35.5. The number of halogens is 1. The Morgan fingerprint density at radius 2 is 1.95 bits per heavy atom. The van der Waals surface area contributed by atoms with E-state index in [1.54, 1.807) is 0 Å². The number of aromatic nitrogens is 1. The minimum absolute atomic E-state index is 0.470. The third-order valence-electron chi connectivity index (χ3n) is 3.26. The highest BCUT2D eigenvalue weighted by Crippen LogP contribution is 2.19. The van der Waals surface area contributed by atoms with Crippen molar-refractivity contribution in [3.05, 3.63) is 58.9 Å². The van der Waals surface area contributed by atoms with E-state index in [4.69, 9.17) is 16.3 Å². The Bertz CT molecular complexity index is 550. The molecule has 2 aromatic rings. The molecule has 0 amide bonds. The highest BCUT2D eigenvalue weighted by molar-refractivity contribution is 6.30. The molecule has 0 spiro atoms. The molecule has 0 atom stereocenters. The third kappa shape index (κ3) is 3.95. The fourth-order valence-corrected chi connectivity index (χ4v) is 2.01. The number of nitrogens with one attached hydrogen (secondary N) is 1. The van der Waals surface area contributed by atoms with Crippen LogP contribution in [0.3, 0.4) is 0 Å². The lowest BCUT2D eigenvalue weighted by Crippen LogP contribution is -2.15. The summed E-state index contributed by atoms with van der Waals surface area (Å²) in [4.78, 5) is 4.42. The molecule has 3 nitrogen and oxygen atoms in total. The van der Waals surface area contributed by atoms with Gasteiger partial charge in [-0.3, -0.25) is 4.98 Å². The summed E-state index contributed by atoms with van der Waals surface area (Å²) in [5.74, 6) is 0.802. The van der Waals surface area contributed by atoms with Gasteiger partial charge in [-0.1, -0.05) is 17.7 Å². The number of rotatable bonds is 6. The first kappa shape index (κ1) is 13.4. The predicted molar refractivity (Wildman–Crippen MR) is 79.9 cm³/mol. The molecule has 0 aliphatic heterocycles. The quantitative estimate of drug-likeness (QED) is 0.882. The van der Waals surface area contributed by atoms with Crippen molar-refractivity contribution in [2.24, 2.45) is 0 Å². The minimum Gasteiger partial charge on any atom is -0.487 e. The van der Waals surface area contributed by atoms with Gasteiger partial charge in [-0.2, -0.15) is 0 Å². The van der Waals surface area contributed by atoms with Gasteiger partial charge in [0.2, 0.25) is 0 Å². The molecule has 20 heavy (non-hydrogen) atoms. The summed E-state index contributed by atoms with van der Waals surface area (Å²) in [5, 5.41) is 4.18. The molecule has 0 radical (unpaired) electrons. The number of hydrogen-bond donors (Lipinski definition) is 1. The summed E-state index contributed by atoms with van der Waals surface area (Å²) >= 11 is 5.83. The predicted octanol–water partition coefficient (Wildman–Crippen LogP) is 3.57. The monoisotopic (exact) mass is 288 g/mol. The summed E-state index contributed by atoms with van der Waals surface area (Å²) in [6, 6.07) is 12.2. The Hall–Kier alpha value is -1.58. The lowest BCUT2D eigenvalue weighted by molar-refractivity contribution is 0.301. The molecule has 1 aromatic carbocycles. The first-order valence-corrected chi connectivity index (χ1v) is 7.23. The number of nitrogens with zero attached hydrogens (tertiary/aromatic N) is 1. The topological polar surface area (TPSA) is 34.1 Å². The summed E-state index contributed by atoms with van der Waals surface area (Å²) in [6.07, 6.45) is 4.52. The van der Waals surface area contributed by atoms with Crippen molar-refractivity contribution >= 4 is 11.6 Å². The van der Waals surface area contributed by atoms with Gasteiger partial charge in [0, 0.05) is 23.8 Å². The molecule has 4 heteroatoms. The fraction of sp³-hybridized carbons (Fsp3) is 0.312. The summed E-state index contributed by atoms with van der Waals surface area (Å²) < 4.78 is 5.66. The minimum atomic E-state index is 0.470. The Labute approximate surface area is 123 Å². The first-order chi connectivity index (χ1) is 9.79. The van der Waals surface area contributed by atoms with E-state index >= 15 is 0 Å². The Morgan fingerprint density at radius 3 is 2.60 bits per heavy atom. The van der Waals surface area contributed by atoms with Gasteiger partial charge in [-0.05, 0) is 48.7 Å². The van der Waals surface area contributed by atoms with Crippen molar-refractivity contribution in [1.82, 2.24) is 10.3 Å². The molecule has 1 saturated carbocycles. The summed E-state index contributed by atoms with van der Waals surface area (Å²) in [6.45, 7) is 1.37.